The number of carbonyl (C=O) groups is 2. The molecule has 12 heteroatoms. The molecule has 1 atom stereocenters. The van der Waals surface area contributed by atoms with Crippen molar-refractivity contribution < 1.29 is 27.5 Å². The maximum atomic E-state index is 13.9. The Balaban J connectivity index is 1.64. The van der Waals surface area contributed by atoms with Crippen molar-refractivity contribution in [3.8, 4) is 11.5 Å². The van der Waals surface area contributed by atoms with Gasteiger partial charge in [-0.3, -0.25) is 13.9 Å². The lowest BCUT2D eigenvalue weighted by molar-refractivity contribution is -0.139. The van der Waals surface area contributed by atoms with Crippen molar-refractivity contribution in [1.29, 1.82) is 0 Å². The normalized spacial score (nSPS) is 16.0. The maximum Gasteiger partial charge on any atom is 0.244 e. The van der Waals surface area contributed by atoms with Gasteiger partial charge in [-0.05, 0) is 51.0 Å². The summed E-state index contributed by atoms with van der Waals surface area (Å²) in [5.41, 5.74) is 0.726. The molecule has 0 bridgehead atoms. The van der Waals surface area contributed by atoms with Gasteiger partial charge in [0.15, 0.2) is 11.5 Å². The minimum Gasteiger partial charge on any atom is -0.454 e. The van der Waals surface area contributed by atoms with Gasteiger partial charge in [0, 0.05) is 34.3 Å². The molecule has 0 saturated heterocycles. The largest absolute Gasteiger partial charge is 0.454 e. The van der Waals surface area contributed by atoms with E-state index in [1.165, 1.54) is 17.9 Å². The lowest BCUT2D eigenvalue weighted by atomic mass is 9.95. The highest BCUT2D eigenvalue weighted by molar-refractivity contribution is 7.92. The Morgan fingerprint density at radius 1 is 1.05 bits per heavy atom. The zero-order valence-electron chi connectivity index (χ0n) is 22.0. The summed E-state index contributed by atoms with van der Waals surface area (Å²) in [6, 6.07) is 8.81. The predicted molar refractivity (Wildman–Crippen MR) is 151 cm³/mol. The number of benzene rings is 2. The van der Waals surface area contributed by atoms with Gasteiger partial charge in [-0.15, -0.1) is 0 Å². The molecule has 212 valence electrons. The molecule has 2 aromatic carbocycles. The fourth-order valence-corrected chi connectivity index (χ4v) is 6.34. The lowest BCUT2D eigenvalue weighted by Crippen LogP contribution is -2.53. The molecule has 1 aliphatic heterocycles. The van der Waals surface area contributed by atoms with Crippen LogP contribution in [0.2, 0.25) is 10.0 Å². The van der Waals surface area contributed by atoms with Crippen LogP contribution in [0.4, 0.5) is 5.69 Å². The first-order valence-corrected chi connectivity index (χ1v) is 15.4. The highest BCUT2D eigenvalue weighted by Gasteiger charge is 2.33. The van der Waals surface area contributed by atoms with E-state index >= 15 is 0 Å². The van der Waals surface area contributed by atoms with E-state index in [9.17, 15) is 18.0 Å². The minimum absolute atomic E-state index is 0.0260. The lowest BCUT2D eigenvalue weighted by Gasteiger charge is -2.33. The standard InChI is InChI=1S/C27H33Cl2N3O6S/c1-3-39(35,36)32(20-12-13-24-25(14-20)38-17-37-24)16-26(33)31(15-21-22(28)10-7-11-23(21)29)18(2)27(34)30-19-8-5-4-6-9-19/h7,10-14,18-19H,3-6,8-9,15-17H2,1-2H3,(H,30,34). The zero-order valence-corrected chi connectivity index (χ0v) is 24.3. The Hall–Kier alpha value is -2.69. The van der Waals surface area contributed by atoms with Crippen LogP contribution in [0.1, 0.15) is 51.5 Å². The van der Waals surface area contributed by atoms with E-state index in [4.69, 9.17) is 32.7 Å². The van der Waals surface area contributed by atoms with E-state index in [0.29, 0.717) is 27.1 Å². The first-order chi connectivity index (χ1) is 18.6. The van der Waals surface area contributed by atoms with Crippen LogP contribution >= 0.6 is 23.2 Å². The van der Waals surface area contributed by atoms with E-state index in [1.807, 2.05) is 0 Å². The second kappa shape index (κ2) is 12.7. The smallest absolute Gasteiger partial charge is 0.244 e. The van der Waals surface area contributed by atoms with Gasteiger partial charge in [0.1, 0.15) is 12.6 Å². The molecule has 0 radical (unpaired) electrons. The molecule has 2 amide bonds. The van der Waals surface area contributed by atoms with Crippen LogP contribution < -0.4 is 19.1 Å². The Kier molecular flexibility index (Phi) is 9.51. The van der Waals surface area contributed by atoms with E-state index in [2.05, 4.69) is 5.32 Å². The number of carbonyl (C=O) groups excluding carboxylic acids is 2. The fraction of sp³-hybridized carbons (Fsp3) is 0.481. The third kappa shape index (κ3) is 6.91. The van der Waals surface area contributed by atoms with Crippen LogP contribution in [0.3, 0.4) is 0 Å². The van der Waals surface area contributed by atoms with Crippen LogP contribution in [0, 0.1) is 0 Å². The van der Waals surface area contributed by atoms with Crippen molar-refractivity contribution in [3.63, 3.8) is 0 Å². The van der Waals surface area contributed by atoms with Gasteiger partial charge in [0.05, 0.1) is 11.4 Å². The molecule has 1 N–H and O–H groups in total. The molecular weight excluding hydrogens is 565 g/mol. The van der Waals surface area contributed by atoms with Crippen LogP contribution in [-0.2, 0) is 26.2 Å². The number of halogens is 2. The first-order valence-electron chi connectivity index (χ1n) is 13.0. The van der Waals surface area contributed by atoms with E-state index < -0.39 is 28.5 Å². The van der Waals surface area contributed by atoms with E-state index in [1.54, 1.807) is 37.3 Å². The molecule has 1 unspecified atom stereocenters. The monoisotopic (exact) mass is 597 g/mol. The van der Waals surface area contributed by atoms with Gasteiger partial charge >= 0.3 is 0 Å². The average molecular weight is 599 g/mol. The molecule has 0 spiro atoms. The number of anilines is 1. The van der Waals surface area contributed by atoms with Crippen molar-refractivity contribution in [2.75, 3.05) is 23.4 Å². The van der Waals surface area contributed by atoms with Crippen molar-refractivity contribution in [2.24, 2.45) is 0 Å². The van der Waals surface area contributed by atoms with Crippen molar-refractivity contribution >= 4 is 50.7 Å². The highest BCUT2D eigenvalue weighted by atomic mass is 35.5. The topological polar surface area (TPSA) is 105 Å². The SMILES string of the molecule is CCS(=O)(=O)N(CC(=O)N(Cc1c(Cl)cccc1Cl)C(C)C(=O)NC1CCCCC1)c1ccc2c(c1)OCO2. The van der Waals surface area contributed by atoms with Gasteiger partial charge < -0.3 is 19.7 Å². The van der Waals surface area contributed by atoms with Gasteiger partial charge in [-0.25, -0.2) is 8.42 Å². The molecule has 1 heterocycles. The second-order valence-electron chi connectivity index (χ2n) is 9.69. The Labute approximate surface area is 239 Å². The molecule has 39 heavy (non-hydrogen) atoms. The Morgan fingerprint density at radius 3 is 2.38 bits per heavy atom. The first kappa shape index (κ1) is 29.3. The van der Waals surface area contributed by atoms with Crippen molar-refractivity contribution in [3.05, 3.63) is 52.0 Å². The number of hydrogen-bond acceptors (Lipinski definition) is 6. The van der Waals surface area contributed by atoms with Crippen LogP contribution in [0.25, 0.3) is 0 Å². The molecular formula is C27H33Cl2N3O6S. The number of amides is 2. The molecule has 4 rings (SSSR count). The summed E-state index contributed by atoms with van der Waals surface area (Å²) in [5, 5.41) is 3.75. The van der Waals surface area contributed by atoms with Gasteiger partial charge in [0.2, 0.25) is 28.6 Å². The number of nitrogens with one attached hydrogen (secondary N) is 1. The average Bonchev–Trinajstić information content (AvgIpc) is 3.39. The third-order valence-electron chi connectivity index (χ3n) is 7.13. The summed E-state index contributed by atoms with van der Waals surface area (Å²) in [7, 11) is -3.88. The van der Waals surface area contributed by atoms with E-state index in [0.717, 1.165) is 36.4 Å². The van der Waals surface area contributed by atoms with Gasteiger partial charge in [0.25, 0.3) is 0 Å². The van der Waals surface area contributed by atoms with E-state index in [-0.39, 0.29) is 36.7 Å². The summed E-state index contributed by atoms with van der Waals surface area (Å²) < 4.78 is 38.1. The number of ether oxygens (including phenoxy) is 2. The summed E-state index contributed by atoms with van der Waals surface area (Å²) in [5.74, 6) is -0.250. The van der Waals surface area contributed by atoms with Crippen LogP contribution in [-0.4, -0.2) is 56.3 Å². The molecule has 2 aromatic rings. The molecule has 2 aliphatic rings. The Morgan fingerprint density at radius 2 is 1.72 bits per heavy atom. The number of hydrogen-bond donors (Lipinski definition) is 1. The van der Waals surface area contributed by atoms with Crippen LogP contribution in [0.15, 0.2) is 36.4 Å². The Bertz CT molecular complexity index is 1300. The van der Waals surface area contributed by atoms with Crippen molar-refractivity contribution in [1.82, 2.24) is 10.2 Å². The molecule has 1 aliphatic carbocycles. The zero-order chi connectivity index (χ0) is 28.2. The number of rotatable bonds is 10. The number of nitrogens with zero attached hydrogens (tertiary/aromatic N) is 2. The van der Waals surface area contributed by atoms with Crippen molar-refractivity contribution in [2.45, 2.75) is 64.6 Å². The fourth-order valence-electron chi connectivity index (χ4n) is 4.77. The molecule has 9 nitrogen and oxygen atoms in total. The van der Waals surface area contributed by atoms with Crippen LogP contribution in [0.5, 0.6) is 11.5 Å². The number of sulfonamides is 1. The highest BCUT2D eigenvalue weighted by Crippen LogP contribution is 2.36. The quantitative estimate of drug-likeness (QED) is 0.424. The predicted octanol–water partition coefficient (Wildman–Crippen LogP) is 4.74. The molecule has 1 fully saturated rings. The maximum absolute atomic E-state index is 13.9. The summed E-state index contributed by atoms with van der Waals surface area (Å²) in [6.45, 7) is 2.55. The molecule has 1 saturated carbocycles. The minimum atomic E-state index is -3.88. The second-order valence-corrected chi connectivity index (χ2v) is 12.7. The summed E-state index contributed by atoms with van der Waals surface area (Å²) >= 11 is 12.8. The van der Waals surface area contributed by atoms with Gasteiger partial charge in [-0.1, -0.05) is 48.5 Å². The third-order valence-corrected chi connectivity index (χ3v) is 9.58. The number of fused-ring (bicyclic) bond motifs is 1. The van der Waals surface area contributed by atoms with Gasteiger partial charge in [-0.2, -0.15) is 0 Å². The summed E-state index contributed by atoms with van der Waals surface area (Å²) in [6.07, 6.45) is 4.98. The molecule has 0 aromatic heterocycles. The summed E-state index contributed by atoms with van der Waals surface area (Å²) in [4.78, 5) is 28.5.